The van der Waals surface area contributed by atoms with Crippen molar-refractivity contribution in [1.29, 1.82) is 0 Å². The molecule has 0 fully saturated rings. The lowest BCUT2D eigenvalue weighted by Gasteiger charge is -2.06. The van der Waals surface area contributed by atoms with E-state index in [1.165, 1.54) is 6.33 Å². The standard InChI is InChI=1S/C14H20N6O2S/c1-11(2)19-9-13(15-10-19)23(21,22)16-4-5-18-6-7-20-14(18)8-12(3)17-20/h6-11,16H,4-5H2,1-3H3. The number of imidazole rings is 2. The Morgan fingerprint density at radius 3 is 2.78 bits per heavy atom. The van der Waals surface area contributed by atoms with Crippen molar-refractivity contribution >= 4 is 15.7 Å². The molecule has 0 spiro atoms. The summed E-state index contributed by atoms with van der Waals surface area (Å²) < 4.78 is 32.6. The van der Waals surface area contributed by atoms with Crippen LogP contribution >= 0.6 is 0 Å². The van der Waals surface area contributed by atoms with Crippen molar-refractivity contribution < 1.29 is 8.42 Å². The van der Waals surface area contributed by atoms with E-state index in [1.807, 2.05) is 43.8 Å². The van der Waals surface area contributed by atoms with Gasteiger partial charge in [0.15, 0.2) is 5.03 Å². The van der Waals surface area contributed by atoms with E-state index < -0.39 is 10.0 Å². The molecule has 0 aliphatic carbocycles. The van der Waals surface area contributed by atoms with Gasteiger partial charge in [0, 0.05) is 43.8 Å². The van der Waals surface area contributed by atoms with E-state index in [2.05, 4.69) is 14.8 Å². The van der Waals surface area contributed by atoms with Crippen LogP contribution in [0.25, 0.3) is 5.65 Å². The molecule has 8 nitrogen and oxygen atoms in total. The van der Waals surface area contributed by atoms with Crippen LogP contribution in [0.1, 0.15) is 25.6 Å². The number of rotatable bonds is 6. The fourth-order valence-corrected chi connectivity index (χ4v) is 3.30. The van der Waals surface area contributed by atoms with Gasteiger partial charge in [-0.3, -0.25) is 0 Å². The Balaban J connectivity index is 1.67. The highest BCUT2D eigenvalue weighted by Gasteiger charge is 2.17. The molecule has 23 heavy (non-hydrogen) atoms. The van der Waals surface area contributed by atoms with Gasteiger partial charge in [-0.2, -0.15) is 5.10 Å². The summed E-state index contributed by atoms with van der Waals surface area (Å²) in [5, 5.41) is 4.35. The minimum absolute atomic E-state index is 0.0454. The lowest BCUT2D eigenvalue weighted by Crippen LogP contribution is -2.27. The molecule has 0 bridgehead atoms. The predicted molar refractivity (Wildman–Crippen MR) is 85.7 cm³/mol. The number of hydrogen-bond donors (Lipinski definition) is 1. The van der Waals surface area contributed by atoms with Crippen LogP contribution in [0, 0.1) is 6.92 Å². The molecule has 3 aromatic rings. The highest BCUT2D eigenvalue weighted by Crippen LogP contribution is 2.10. The fourth-order valence-electron chi connectivity index (χ4n) is 2.35. The smallest absolute Gasteiger partial charge is 0.259 e. The number of aryl methyl sites for hydroxylation is 1. The molecule has 0 aromatic carbocycles. The lowest BCUT2D eigenvalue weighted by molar-refractivity contribution is 0.569. The normalized spacial score (nSPS) is 12.5. The van der Waals surface area contributed by atoms with E-state index in [0.717, 1.165) is 11.3 Å². The third-order valence-electron chi connectivity index (χ3n) is 3.61. The molecule has 3 heterocycles. The Hall–Kier alpha value is -2.13. The van der Waals surface area contributed by atoms with Gasteiger partial charge in [-0.1, -0.05) is 0 Å². The van der Waals surface area contributed by atoms with E-state index in [9.17, 15) is 8.42 Å². The van der Waals surface area contributed by atoms with E-state index in [0.29, 0.717) is 6.54 Å². The number of nitrogens with zero attached hydrogens (tertiary/aromatic N) is 5. The number of aromatic nitrogens is 5. The monoisotopic (exact) mass is 336 g/mol. The number of hydrogen-bond acceptors (Lipinski definition) is 4. The largest absolute Gasteiger partial charge is 0.334 e. The highest BCUT2D eigenvalue weighted by atomic mass is 32.2. The van der Waals surface area contributed by atoms with E-state index in [-0.39, 0.29) is 17.6 Å². The molecular formula is C14H20N6O2S. The van der Waals surface area contributed by atoms with Crippen molar-refractivity contribution in [3.05, 3.63) is 36.7 Å². The molecule has 0 atom stereocenters. The number of sulfonamides is 1. The van der Waals surface area contributed by atoms with E-state index >= 15 is 0 Å². The van der Waals surface area contributed by atoms with Crippen LogP contribution < -0.4 is 4.72 Å². The molecule has 1 N–H and O–H groups in total. The summed E-state index contributed by atoms with van der Waals surface area (Å²) in [5.41, 5.74) is 1.86. The topological polar surface area (TPSA) is 86.2 Å². The summed E-state index contributed by atoms with van der Waals surface area (Å²) in [6.45, 7) is 6.66. The summed E-state index contributed by atoms with van der Waals surface area (Å²) in [7, 11) is -3.59. The Bertz CT molecular complexity index is 918. The van der Waals surface area contributed by atoms with Crippen LogP contribution in [0.2, 0.25) is 0 Å². The zero-order valence-corrected chi connectivity index (χ0v) is 14.2. The zero-order valence-electron chi connectivity index (χ0n) is 13.3. The Kier molecular flexibility index (Phi) is 3.99. The van der Waals surface area contributed by atoms with Gasteiger partial charge in [0.2, 0.25) is 0 Å². The van der Waals surface area contributed by atoms with Crippen molar-refractivity contribution in [1.82, 2.24) is 28.5 Å². The van der Waals surface area contributed by atoms with Crippen molar-refractivity contribution in [2.24, 2.45) is 0 Å². The van der Waals surface area contributed by atoms with Gasteiger partial charge < -0.3 is 9.13 Å². The van der Waals surface area contributed by atoms with Gasteiger partial charge in [-0.15, -0.1) is 0 Å². The molecular weight excluding hydrogens is 316 g/mol. The van der Waals surface area contributed by atoms with Gasteiger partial charge >= 0.3 is 0 Å². The Morgan fingerprint density at radius 1 is 1.30 bits per heavy atom. The van der Waals surface area contributed by atoms with Crippen LogP contribution in [0.5, 0.6) is 0 Å². The first-order chi connectivity index (χ1) is 10.9. The van der Waals surface area contributed by atoms with Crippen LogP contribution in [0.15, 0.2) is 36.0 Å². The summed E-state index contributed by atoms with van der Waals surface area (Å²) >= 11 is 0. The number of nitrogens with one attached hydrogen (secondary N) is 1. The maximum atomic E-state index is 12.3. The van der Waals surface area contributed by atoms with E-state index in [1.54, 1.807) is 15.3 Å². The lowest BCUT2D eigenvalue weighted by atomic mass is 10.4. The molecule has 124 valence electrons. The third kappa shape index (κ3) is 3.15. The Morgan fingerprint density at radius 2 is 2.09 bits per heavy atom. The molecule has 0 aliphatic rings. The quantitative estimate of drug-likeness (QED) is 0.733. The summed E-state index contributed by atoms with van der Waals surface area (Å²) in [4.78, 5) is 3.97. The molecule has 3 aromatic heterocycles. The number of fused-ring (bicyclic) bond motifs is 1. The molecule has 3 rings (SSSR count). The average Bonchev–Trinajstić information content (AvgIpc) is 3.15. The molecule has 0 saturated carbocycles. The highest BCUT2D eigenvalue weighted by molar-refractivity contribution is 7.89. The van der Waals surface area contributed by atoms with Crippen molar-refractivity contribution in [3.63, 3.8) is 0 Å². The van der Waals surface area contributed by atoms with Crippen molar-refractivity contribution in [3.8, 4) is 0 Å². The van der Waals surface area contributed by atoms with Gasteiger partial charge in [-0.05, 0) is 20.8 Å². The maximum absolute atomic E-state index is 12.3. The van der Waals surface area contributed by atoms with Crippen molar-refractivity contribution in [2.45, 2.75) is 38.4 Å². The van der Waals surface area contributed by atoms with Gasteiger partial charge in [-0.25, -0.2) is 22.6 Å². The molecule has 0 unspecified atom stereocenters. The maximum Gasteiger partial charge on any atom is 0.259 e. The van der Waals surface area contributed by atoms with Crippen LogP contribution in [0.3, 0.4) is 0 Å². The van der Waals surface area contributed by atoms with Crippen LogP contribution in [-0.4, -0.2) is 38.7 Å². The molecule has 0 aliphatic heterocycles. The van der Waals surface area contributed by atoms with Crippen LogP contribution in [0.4, 0.5) is 0 Å². The Labute approximate surface area is 134 Å². The van der Waals surface area contributed by atoms with Gasteiger partial charge in [0.1, 0.15) is 5.65 Å². The molecule has 0 saturated heterocycles. The first-order valence-electron chi connectivity index (χ1n) is 7.41. The third-order valence-corrected chi connectivity index (χ3v) is 4.96. The summed E-state index contributed by atoms with van der Waals surface area (Å²) in [6.07, 6.45) is 6.80. The first-order valence-corrected chi connectivity index (χ1v) is 8.89. The minimum Gasteiger partial charge on any atom is -0.334 e. The van der Waals surface area contributed by atoms with Crippen molar-refractivity contribution in [2.75, 3.05) is 6.54 Å². The molecule has 0 amide bonds. The predicted octanol–water partition coefficient (Wildman–Crippen LogP) is 1.20. The molecule has 0 radical (unpaired) electrons. The second-order valence-electron chi connectivity index (χ2n) is 5.73. The molecule has 9 heteroatoms. The summed E-state index contributed by atoms with van der Waals surface area (Å²) in [5.74, 6) is 0. The minimum atomic E-state index is -3.59. The fraction of sp³-hybridized carbons (Fsp3) is 0.429. The van der Waals surface area contributed by atoms with Gasteiger partial charge in [0.05, 0.1) is 12.0 Å². The van der Waals surface area contributed by atoms with Gasteiger partial charge in [0.25, 0.3) is 10.0 Å². The SMILES string of the molecule is Cc1cc2n(CCNS(=O)(=O)c3cn(C(C)C)cn3)ccn2n1. The second kappa shape index (κ2) is 5.82. The van der Waals surface area contributed by atoms with Crippen LogP contribution in [-0.2, 0) is 16.6 Å². The van der Waals surface area contributed by atoms with E-state index in [4.69, 9.17) is 0 Å². The second-order valence-corrected chi connectivity index (χ2v) is 7.44. The summed E-state index contributed by atoms with van der Waals surface area (Å²) in [6, 6.07) is 2.13. The zero-order chi connectivity index (χ0) is 16.6. The average molecular weight is 336 g/mol. The first kappa shape index (κ1) is 15.8.